The van der Waals surface area contributed by atoms with Crippen molar-refractivity contribution in [1.82, 2.24) is 20.4 Å². The molecule has 2 unspecified atom stereocenters. The Bertz CT molecular complexity index is 1080. The van der Waals surface area contributed by atoms with Crippen molar-refractivity contribution in [2.75, 3.05) is 24.6 Å². The van der Waals surface area contributed by atoms with Crippen LogP contribution in [-0.2, 0) is 32.5 Å². The number of hydrogen-bond donors (Lipinski definition) is 2. The molecule has 0 radical (unpaired) electrons. The van der Waals surface area contributed by atoms with Gasteiger partial charge in [-0.15, -0.1) is 0 Å². The predicted octanol–water partition coefficient (Wildman–Crippen LogP) is 0.189. The topological polar surface area (TPSA) is 116 Å². The first-order valence-corrected chi connectivity index (χ1v) is 13.6. The van der Waals surface area contributed by atoms with Gasteiger partial charge in [0.1, 0.15) is 6.04 Å². The quantitative estimate of drug-likeness (QED) is 0.585. The van der Waals surface area contributed by atoms with Gasteiger partial charge in [0, 0.05) is 37.2 Å². The maximum atomic E-state index is 13.5. The van der Waals surface area contributed by atoms with Crippen LogP contribution in [0.2, 0.25) is 0 Å². The van der Waals surface area contributed by atoms with Gasteiger partial charge in [-0.05, 0) is 49.9 Å². The minimum Gasteiger partial charge on any atom is -0.322 e. The van der Waals surface area contributed by atoms with Crippen LogP contribution in [0.25, 0.3) is 0 Å². The number of piperidine rings is 2. The molecule has 1 aromatic rings. The van der Waals surface area contributed by atoms with Gasteiger partial charge in [-0.1, -0.05) is 18.2 Å². The van der Waals surface area contributed by atoms with E-state index in [1.807, 2.05) is 18.2 Å². The van der Waals surface area contributed by atoms with E-state index in [0.717, 1.165) is 37.1 Å². The smallest absolute Gasteiger partial charge is 0.255 e. The van der Waals surface area contributed by atoms with Crippen LogP contribution in [0.15, 0.2) is 18.2 Å². The van der Waals surface area contributed by atoms with E-state index >= 15 is 0 Å². The van der Waals surface area contributed by atoms with Crippen molar-refractivity contribution in [2.45, 2.75) is 63.3 Å². The molecule has 33 heavy (non-hydrogen) atoms. The maximum absolute atomic E-state index is 13.5. The SMILES string of the molecule is O=C1CCC(N2Cc3cccc(CN(C4CCNCC4)C4CCS(=O)(=O)C4)c3C2=O)C(=O)N1. The molecule has 3 saturated heterocycles. The lowest BCUT2D eigenvalue weighted by molar-refractivity contribution is -0.136. The Morgan fingerprint density at radius 2 is 1.82 bits per heavy atom. The summed E-state index contributed by atoms with van der Waals surface area (Å²) in [7, 11) is -3.03. The fraction of sp³-hybridized carbons (Fsp3) is 0.609. The highest BCUT2D eigenvalue weighted by atomic mass is 32.2. The maximum Gasteiger partial charge on any atom is 0.255 e. The number of carbonyl (C=O) groups excluding carboxylic acids is 3. The molecule has 9 nitrogen and oxygen atoms in total. The molecule has 2 atom stereocenters. The summed E-state index contributed by atoms with van der Waals surface area (Å²) in [6.07, 6.45) is 3.07. The molecule has 5 rings (SSSR count). The van der Waals surface area contributed by atoms with Crippen molar-refractivity contribution in [3.05, 3.63) is 34.9 Å². The zero-order valence-corrected chi connectivity index (χ0v) is 19.4. The number of amides is 3. The third-order valence-electron chi connectivity index (χ3n) is 7.45. The molecule has 3 amide bonds. The van der Waals surface area contributed by atoms with E-state index in [4.69, 9.17) is 0 Å². The summed E-state index contributed by atoms with van der Waals surface area (Å²) in [5.74, 6) is -0.512. The van der Waals surface area contributed by atoms with Gasteiger partial charge < -0.3 is 10.2 Å². The predicted molar refractivity (Wildman–Crippen MR) is 121 cm³/mol. The number of rotatable bonds is 5. The van der Waals surface area contributed by atoms with E-state index in [2.05, 4.69) is 15.5 Å². The van der Waals surface area contributed by atoms with Crippen molar-refractivity contribution < 1.29 is 22.8 Å². The molecule has 10 heteroatoms. The molecule has 1 aromatic carbocycles. The first-order valence-electron chi connectivity index (χ1n) is 11.7. The minimum atomic E-state index is -3.03. The second kappa shape index (κ2) is 8.81. The van der Waals surface area contributed by atoms with Crippen LogP contribution in [0.3, 0.4) is 0 Å². The van der Waals surface area contributed by atoms with Crippen LogP contribution in [-0.4, -0.2) is 78.7 Å². The lowest BCUT2D eigenvalue weighted by atomic mass is 9.97. The number of sulfone groups is 1. The van der Waals surface area contributed by atoms with Crippen LogP contribution in [0, 0.1) is 0 Å². The van der Waals surface area contributed by atoms with Crippen molar-refractivity contribution in [3.63, 3.8) is 0 Å². The molecule has 0 aliphatic carbocycles. The van der Waals surface area contributed by atoms with E-state index in [1.165, 1.54) is 0 Å². The highest BCUT2D eigenvalue weighted by molar-refractivity contribution is 7.91. The molecule has 0 saturated carbocycles. The molecule has 0 spiro atoms. The number of carbonyl (C=O) groups is 3. The first-order chi connectivity index (χ1) is 15.8. The Labute approximate surface area is 193 Å². The first kappa shape index (κ1) is 22.5. The average Bonchev–Trinajstić information content (AvgIpc) is 3.32. The second-order valence-electron chi connectivity index (χ2n) is 9.56. The van der Waals surface area contributed by atoms with Crippen LogP contribution < -0.4 is 10.6 Å². The highest BCUT2D eigenvalue weighted by Crippen LogP contribution is 2.32. The van der Waals surface area contributed by atoms with E-state index < -0.39 is 21.8 Å². The van der Waals surface area contributed by atoms with Crippen LogP contribution in [0.1, 0.15) is 53.6 Å². The van der Waals surface area contributed by atoms with Gasteiger partial charge in [0.2, 0.25) is 11.8 Å². The fourth-order valence-electron chi connectivity index (χ4n) is 5.75. The molecule has 3 fully saturated rings. The Kier molecular flexibility index (Phi) is 6.00. The van der Waals surface area contributed by atoms with E-state index in [1.54, 1.807) is 4.90 Å². The second-order valence-corrected chi connectivity index (χ2v) is 11.8. The number of fused-ring (bicyclic) bond motifs is 1. The molecule has 4 aliphatic heterocycles. The van der Waals surface area contributed by atoms with E-state index in [-0.39, 0.29) is 41.8 Å². The monoisotopic (exact) mass is 474 g/mol. The third-order valence-corrected chi connectivity index (χ3v) is 9.20. The van der Waals surface area contributed by atoms with E-state index in [9.17, 15) is 22.8 Å². The summed E-state index contributed by atoms with van der Waals surface area (Å²) >= 11 is 0. The molecular weight excluding hydrogens is 444 g/mol. The lowest BCUT2D eigenvalue weighted by Gasteiger charge is -2.38. The third kappa shape index (κ3) is 4.43. The molecule has 2 N–H and O–H groups in total. The van der Waals surface area contributed by atoms with E-state index in [0.29, 0.717) is 31.5 Å². The summed E-state index contributed by atoms with van der Waals surface area (Å²) in [5.41, 5.74) is 2.39. The molecular formula is C23H30N4O5S. The molecule has 0 aromatic heterocycles. The normalized spacial score (nSPS) is 27.8. The van der Waals surface area contributed by atoms with Crippen molar-refractivity contribution in [2.24, 2.45) is 0 Å². The van der Waals surface area contributed by atoms with Gasteiger partial charge in [-0.2, -0.15) is 0 Å². The standard InChI is InChI=1S/C23H30N4O5S/c28-20-5-4-19(22(29)25-20)27-13-16-3-1-2-15(21(16)23(27)30)12-26(17-6-9-24-10-7-17)18-8-11-33(31,32)14-18/h1-3,17-19,24H,4-14H2,(H,25,28,29). The Morgan fingerprint density at radius 1 is 1.03 bits per heavy atom. The zero-order chi connectivity index (χ0) is 23.2. The number of nitrogens with one attached hydrogen (secondary N) is 2. The van der Waals surface area contributed by atoms with Gasteiger partial charge in [0.15, 0.2) is 9.84 Å². The van der Waals surface area contributed by atoms with Crippen molar-refractivity contribution in [1.29, 1.82) is 0 Å². The summed E-state index contributed by atoms with van der Waals surface area (Å²) in [6, 6.07) is 5.37. The Balaban J connectivity index is 1.41. The summed E-state index contributed by atoms with van der Waals surface area (Å²) in [6.45, 7) is 2.66. The minimum absolute atomic E-state index is 0.0447. The molecule has 4 heterocycles. The van der Waals surface area contributed by atoms with Crippen LogP contribution >= 0.6 is 0 Å². The highest BCUT2D eigenvalue weighted by Gasteiger charge is 2.41. The Morgan fingerprint density at radius 3 is 2.52 bits per heavy atom. The molecule has 4 aliphatic rings. The van der Waals surface area contributed by atoms with Crippen molar-refractivity contribution >= 4 is 27.6 Å². The van der Waals surface area contributed by atoms with Crippen molar-refractivity contribution in [3.8, 4) is 0 Å². The van der Waals surface area contributed by atoms with Crippen LogP contribution in [0.4, 0.5) is 0 Å². The lowest BCUT2D eigenvalue weighted by Crippen LogP contribution is -2.52. The van der Waals surface area contributed by atoms with Crippen LogP contribution in [0.5, 0.6) is 0 Å². The van der Waals surface area contributed by atoms with Gasteiger partial charge in [0.25, 0.3) is 5.91 Å². The molecule has 0 bridgehead atoms. The number of hydrogen-bond acceptors (Lipinski definition) is 7. The summed E-state index contributed by atoms with van der Waals surface area (Å²) in [4.78, 5) is 41.3. The Hall–Kier alpha value is -2.30. The number of imide groups is 1. The summed E-state index contributed by atoms with van der Waals surface area (Å²) in [5, 5.41) is 5.72. The zero-order valence-electron chi connectivity index (χ0n) is 18.6. The van der Waals surface area contributed by atoms with Gasteiger partial charge >= 0.3 is 0 Å². The van der Waals surface area contributed by atoms with Gasteiger partial charge in [0.05, 0.1) is 11.5 Å². The number of benzene rings is 1. The number of nitrogens with zero attached hydrogens (tertiary/aromatic N) is 2. The average molecular weight is 475 g/mol. The van der Waals surface area contributed by atoms with Gasteiger partial charge in [-0.25, -0.2) is 8.42 Å². The summed E-state index contributed by atoms with van der Waals surface area (Å²) < 4.78 is 24.5. The molecule has 178 valence electrons. The largest absolute Gasteiger partial charge is 0.322 e. The van der Waals surface area contributed by atoms with Gasteiger partial charge in [-0.3, -0.25) is 24.6 Å². The fourth-order valence-corrected chi connectivity index (χ4v) is 7.49.